The standard InChI is InChI=1S/C40H36FN5O4S/c1-25-10-15-31(36(42-25)45-23-40(24-45)17-20-50-21-18-40)38(48)43-28-13-11-26(12-14-28)39(49)46-19-16-27-22-34(44-37(47)29-6-2-4-8-32(29)41)51-35(27)30-7-3-5-9-33(30)46/h2-15,22H,16-21,23-24H2,1H3,(H,43,48)(H,44,47). The Morgan fingerprint density at radius 1 is 0.863 bits per heavy atom. The van der Waals surface area contributed by atoms with Crippen LogP contribution in [0.1, 0.15) is 55.2 Å². The quantitative estimate of drug-likeness (QED) is 0.189. The number of rotatable bonds is 6. The molecular formula is C40H36FN5O4S. The lowest BCUT2D eigenvalue weighted by atomic mass is 9.73. The van der Waals surface area contributed by atoms with Gasteiger partial charge >= 0.3 is 0 Å². The van der Waals surface area contributed by atoms with Crippen LogP contribution < -0.4 is 20.4 Å². The fraction of sp³-hybridized carbons (Fsp3) is 0.250. The molecule has 258 valence electrons. The predicted octanol–water partition coefficient (Wildman–Crippen LogP) is 7.58. The third-order valence-corrected chi connectivity index (χ3v) is 11.1. The van der Waals surface area contributed by atoms with Crippen molar-refractivity contribution < 1.29 is 23.5 Å². The highest BCUT2D eigenvalue weighted by atomic mass is 32.1. The van der Waals surface area contributed by atoms with Crippen molar-refractivity contribution in [1.29, 1.82) is 0 Å². The van der Waals surface area contributed by atoms with Gasteiger partial charge in [0.2, 0.25) is 0 Å². The summed E-state index contributed by atoms with van der Waals surface area (Å²) in [5.74, 6) is -0.796. The minimum atomic E-state index is -0.577. The van der Waals surface area contributed by atoms with E-state index in [1.165, 1.54) is 23.5 Å². The number of pyridine rings is 1. The molecule has 0 atom stereocenters. The first kappa shape index (κ1) is 32.8. The maximum Gasteiger partial charge on any atom is 0.259 e. The number of nitrogens with one attached hydrogen (secondary N) is 2. The summed E-state index contributed by atoms with van der Waals surface area (Å²) in [4.78, 5) is 50.0. The monoisotopic (exact) mass is 701 g/mol. The van der Waals surface area contributed by atoms with Gasteiger partial charge in [0.25, 0.3) is 17.7 Å². The van der Waals surface area contributed by atoms with Crippen molar-refractivity contribution in [3.05, 3.63) is 125 Å². The van der Waals surface area contributed by atoms with Crippen molar-refractivity contribution in [2.24, 2.45) is 5.41 Å². The van der Waals surface area contributed by atoms with E-state index in [1.807, 2.05) is 49.4 Å². The largest absolute Gasteiger partial charge is 0.381 e. The van der Waals surface area contributed by atoms with Crippen molar-refractivity contribution in [3.63, 3.8) is 0 Å². The van der Waals surface area contributed by atoms with Crippen molar-refractivity contribution in [1.82, 2.24) is 4.98 Å². The summed E-state index contributed by atoms with van der Waals surface area (Å²) < 4.78 is 19.8. The summed E-state index contributed by atoms with van der Waals surface area (Å²) >= 11 is 1.40. The number of aromatic nitrogens is 1. The molecule has 11 heteroatoms. The molecule has 2 N–H and O–H groups in total. The van der Waals surface area contributed by atoms with Gasteiger partial charge in [-0.1, -0.05) is 30.3 Å². The maximum absolute atomic E-state index is 14.2. The molecule has 51 heavy (non-hydrogen) atoms. The van der Waals surface area contributed by atoms with Crippen LogP contribution in [0.15, 0.2) is 91.0 Å². The molecule has 2 saturated heterocycles. The van der Waals surface area contributed by atoms with Gasteiger partial charge in [-0.2, -0.15) is 0 Å². The van der Waals surface area contributed by atoms with Gasteiger partial charge in [-0.25, -0.2) is 9.37 Å². The molecule has 0 unspecified atom stereocenters. The third-order valence-electron chi connectivity index (χ3n) is 10.0. The second-order valence-corrected chi connectivity index (χ2v) is 14.5. The molecule has 5 aromatic rings. The van der Waals surface area contributed by atoms with Crippen LogP contribution in [0.4, 0.5) is 26.6 Å². The van der Waals surface area contributed by atoms with E-state index in [9.17, 15) is 18.8 Å². The normalized spacial score (nSPS) is 16.0. The van der Waals surface area contributed by atoms with E-state index in [4.69, 9.17) is 9.72 Å². The number of ether oxygens (including phenoxy) is 1. The molecule has 0 saturated carbocycles. The van der Waals surface area contributed by atoms with Crippen LogP contribution >= 0.6 is 11.3 Å². The van der Waals surface area contributed by atoms with E-state index in [0.29, 0.717) is 40.6 Å². The van der Waals surface area contributed by atoms with Gasteiger partial charge in [-0.3, -0.25) is 14.4 Å². The zero-order chi connectivity index (χ0) is 35.1. The van der Waals surface area contributed by atoms with Gasteiger partial charge in [0.05, 0.1) is 21.8 Å². The number of nitrogens with zero attached hydrogens (tertiary/aromatic N) is 3. The summed E-state index contributed by atoms with van der Waals surface area (Å²) in [6.45, 7) is 5.64. The number of carbonyl (C=O) groups excluding carboxylic acids is 3. The van der Waals surface area contributed by atoms with Crippen LogP contribution in [-0.4, -0.2) is 55.6 Å². The first-order chi connectivity index (χ1) is 24.8. The highest BCUT2D eigenvalue weighted by molar-refractivity contribution is 7.19. The summed E-state index contributed by atoms with van der Waals surface area (Å²) in [6.07, 6.45) is 2.62. The van der Waals surface area contributed by atoms with E-state index in [2.05, 4.69) is 15.5 Å². The average molecular weight is 702 g/mol. The van der Waals surface area contributed by atoms with Gasteiger partial charge in [0.1, 0.15) is 11.6 Å². The SMILES string of the molecule is Cc1ccc(C(=O)Nc2ccc(C(=O)N3CCc4cc(NC(=O)c5ccccc5F)sc4-c4ccccc43)cc2)c(N2CC3(CCOCC3)C2)n1. The molecule has 0 bridgehead atoms. The number of anilines is 4. The summed E-state index contributed by atoms with van der Waals surface area (Å²) in [6, 6.07) is 26.1. The lowest BCUT2D eigenvalue weighted by Crippen LogP contribution is -2.59. The number of amides is 3. The van der Waals surface area contributed by atoms with Crippen LogP contribution in [-0.2, 0) is 11.2 Å². The number of fused-ring (bicyclic) bond motifs is 3. The van der Waals surface area contributed by atoms with Crippen molar-refractivity contribution in [3.8, 4) is 10.4 Å². The molecule has 1 spiro atoms. The molecule has 3 aliphatic rings. The molecular weight excluding hydrogens is 666 g/mol. The van der Waals surface area contributed by atoms with E-state index < -0.39 is 11.7 Å². The zero-order valence-corrected chi connectivity index (χ0v) is 28.9. The Bertz CT molecular complexity index is 2150. The molecule has 2 fully saturated rings. The Morgan fingerprint density at radius 2 is 1.59 bits per heavy atom. The zero-order valence-electron chi connectivity index (χ0n) is 28.1. The van der Waals surface area contributed by atoms with Gasteiger partial charge in [-0.05, 0) is 92.4 Å². The molecule has 3 aromatic carbocycles. The fourth-order valence-corrected chi connectivity index (χ4v) is 8.38. The number of hydrogen-bond acceptors (Lipinski definition) is 7. The first-order valence-electron chi connectivity index (χ1n) is 17.1. The average Bonchev–Trinajstić information content (AvgIpc) is 3.46. The first-order valence-corrected chi connectivity index (χ1v) is 17.9. The molecule has 9 nitrogen and oxygen atoms in total. The minimum absolute atomic E-state index is 0.0176. The number of halogens is 1. The number of hydrogen-bond donors (Lipinski definition) is 2. The van der Waals surface area contributed by atoms with Crippen molar-refractivity contribution in [2.75, 3.05) is 53.3 Å². The summed E-state index contributed by atoms with van der Waals surface area (Å²) in [5, 5.41) is 6.46. The van der Waals surface area contributed by atoms with E-state index in [1.54, 1.807) is 41.3 Å². The Kier molecular flexibility index (Phi) is 8.61. The summed E-state index contributed by atoms with van der Waals surface area (Å²) in [7, 11) is 0. The van der Waals surface area contributed by atoms with Crippen LogP contribution in [0.2, 0.25) is 0 Å². The second kappa shape index (κ2) is 13.4. The third kappa shape index (κ3) is 6.39. The van der Waals surface area contributed by atoms with Crippen molar-refractivity contribution in [2.45, 2.75) is 26.2 Å². The fourth-order valence-electron chi connectivity index (χ4n) is 7.24. The molecule has 3 amide bonds. The lowest BCUT2D eigenvalue weighted by Gasteiger charge is -2.53. The Labute approximate surface area is 299 Å². The Morgan fingerprint density at radius 3 is 2.37 bits per heavy atom. The van der Waals surface area contributed by atoms with Gasteiger partial charge in [-0.15, -0.1) is 11.3 Å². The molecule has 0 radical (unpaired) electrons. The van der Waals surface area contributed by atoms with Gasteiger partial charge in [0, 0.05) is 65.6 Å². The molecule has 2 aromatic heterocycles. The Hall–Kier alpha value is -5.39. The van der Waals surface area contributed by atoms with Gasteiger partial charge < -0.3 is 25.2 Å². The van der Waals surface area contributed by atoms with Crippen LogP contribution in [0.5, 0.6) is 0 Å². The van der Waals surface area contributed by atoms with Gasteiger partial charge in [0.15, 0.2) is 0 Å². The maximum atomic E-state index is 14.2. The molecule has 5 heterocycles. The van der Waals surface area contributed by atoms with E-state index in [0.717, 1.165) is 66.5 Å². The lowest BCUT2D eigenvalue weighted by molar-refractivity contribution is -0.000519. The van der Waals surface area contributed by atoms with Crippen LogP contribution in [0.3, 0.4) is 0 Å². The second-order valence-electron chi connectivity index (χ2n) is 13.4. The molecule has 3 aliphatic heterocycles. The number of thiophene rings is 1. The highest BCUT2D eigenvalue weighted by Gasteiger charge is 2.45. The highest BCUT2D eigenvalue weighted by Crippen LogP contribution is 2.44. The predicted molar refractivity (Wildman–Crippen MR) is 198 cm³/mol. The summed E-state index contributed by atoms with van der Waals surface area (Å²) in [5.41, 5.74) is 5.31. The Balaban J connectivity index is 0.969. The number of aryl methyl sites for hydroxylation is 1. The number of carbonyl (C=O) groups is 3. The molecule has 8 rings (SSSR count). The minimum Gasteiger partial charge on any atom is -0.381 e. The van der Waals surface area contributed by atoms with E-state index in [-0.39, 0.29) is 22.8 Å². The van der Waals surface area contributed by atoms with E-state index >= 15 is 0 Å². The number of benzene rings is 3. The topological polar surface area (TPSA) is 104 Å². The van der Waals surface area contributed by atoms with Crippen LogP contribution in [0.25, 0.3) is 10.4 Å². The smallest absolute Gasteiger partial charge is 0.259 e. The number of para-hydroxylation sites is 1. The molecule has 0 aliphatic carbocycles. The van der Waals surface area contributed by atoms with Crippen LogP contribution in [0, 0.1) is 18.2 Å². The van der Waals surface area contributed by atoms with Crippen molar-refractivity contribution >= 4 is 51.3 Å².